The fourth-order valence-electron chi connectivity index (χ4n) is 9.69. The lowest BCUT2D eigenvalue weighted by molar-refractivity contribution is 0.487. The normalized spacial score (nSPS) is 9.43. The Labute approximate surface area is 747 Å². The summed E-state index contributed by atoms with van der Waals surface area (Å²) in [7, 11) is 0. The van der Waals surface area contributed by atoms with Crippen LogP contribution in [-0.2, 0) is 0 Å². The van der Waals surface area contributed by atoms with Crippen molar-refractivity contribution in [2.75, 3.05) is 0 Å². The van der Waals surface area contributed by atoms with Crippen LogP contribution in [0.4, 0.5) is 0 Å². The van der Waals surface area contributed by atoms with Crippen molar-refractivity contribution < 1.29 is 8.83 Å². The largest absolute Gasteiger partial charge is 0.472 e. The molecule has 0 atom stereocenters. The second kappa shape index (κ2) is 75.8. The van der Waals surface area contributed by atoms with Gasteiger partial charge in [-0.3, -0.25) is 24.7 Å². The molecule has 13 heteroatoms. The van der Waals surface area contributed by atoms with Crippen LogP contribution in [0.3, 0.4) is 0 Å². The van der Waals surface area contributed by atoms with Gasteiger partial charge in [0.15, 0.2) is 0 Å². The van der Waals surface area contributed by atoms with Crippen molar-refractivity contribution in [2.45, 2.75) is 326 Å². The van der Waals surface area contributed by atoms with Crippen LogP contribution in [0.2, 0.25) is 0 Å². The van der Waals surface area contributed by atoms with Crippen LogP contribution in [0.15, 0.2) is 275 Å². The summed E-state index contributed by atoms with van der Waals surface area (Å²) in [6.45, 7) is 52.0. The third-order valence-corrected chi connectivity index (χ3v) is 18.6. The lowest BCUT2D eigenvalue weighted by Gasteiger charge is -2.05. The molecule has 3 aromatic carbocycles. The third-order valence-electron chi connectivity index (χ3n) is 16.7. The molecule has 11 nitrogen and oxygen atoms in total. The van der Waals surface area contributed by atoms with Gasteiger partial charge in [0.1, 0.15) is 5.76 Å². The van der Waals surface area contributed by atoms with Crippen molar-refractivity contribution in [2.24, 2.45) is 0 Å². The van der Waals surface area contributed by atoms with Crippen LogP contribution in [0.5, 0.6) is 0 Å². The zero-order valence-corrected chi connectivity index (χ0v) is 71.3. The van der Waals surface area contributed by atoms with Crippen LogP contribution < -0.4 is 0 Å². The van der Waals surface area contributed by atoms with E-state index in [-0.39, 0.29) is 89.1 Å². The first-order valence-electron chi connectivity index (χ1n) is 38.6. The zero-order valence-electron chi connectivity index (χ0n) is 69.6. The molecule has 676 valence electrons. The fraction of sp³-hybridized carbons (Fsp3) is 0.449. The van der Waals surface area contributed by atoms with Gasteiger partial charge < -0.3 is 18.8 Å². The lowest BCUT2D eigenvalue weighted by Crippen LogP contribution is -2.01. The van der Waals surface area contributed by atoms with Crippen LogP contribution >= 0.6 is 22.7 Å². The van der Waals surface area contributed by atoms with Crippen LogP contribution in [0, 0.1) is 0 Å². The number of pyridine rings is 3. The molecule has 0 fully saturated rings. The maximum absolute atomic E-state index is 5.09. The molecule has 0 amide bonds. The molecule has 0 saturated carbocycles. The highest BCUT2D eigenvalue weighted by atomic mass is 32.1. The molecule has 0 spiro atoms. The standard InChI is InChI=1S/2C10H12N2.C9H12.3C8H11N.2C7H11N.2C7H10O.2C7H10S.12CH4/c1-8(2)12-10-6-4-3-5-9(10)7-11-12;1-7(2)10-8-5-3-4-6-9(8)11-12-10;1-8(2)9-6-4-3-5-7-9;1-7(2)8-3-5-9-6-4-8;1-7(2)8-4-3-5-9-6-8;1-7(2)8-5-3-4-6-9-8;1-6(2)7-3-4-8-5-7;1-6(2)7-4-3-5-8-7;1-6(2)7-3-4-8-5-7;1-6(2)7-4-3-5-8-7;1-6(2)7-3-4-8-5-7;1-6(2)7-4-3-5-8-7;;;;;;;;;;;;/h3-8H,1-2H3;3-7H,1-2H3,(H,11,12);3-8H,1-2H3;3*3-7H,1-2H3;2*3-6,8H,1-2H3;4*3-6H,1-2H3;12*1H4. The van der Waals surface area contributed by atoms with Crippen LogP contribution in [0.25, 0.3) is 21.8 Å². The van der Waals surface area contributed by atoms with Crippen molar-refractivity contribution in [1.29, 1.82) is 0 Å². The van der Waals surface area contributed by atoms with Crippen molar-refractivity contribution in [1.82, 2.24) is 44.9 Å². The summed E-state index contributed by atoms with van der Waals surface area (Å²) in [6, 6.07) is 60.1. The minimum absolute atomic E-state index is 0. The molecule has 3 N–H and O–H groups in total. The maximum atomic E-state index is 5.09. The average Bonchev–Trinajstić information content (AvgIpc) is 1.69. The first kappa shape index (κ1) is 131. The summed E-state index contributed by atoms with van der Waals surface area (Å²) >= 11 is 3.60. The van der Waals surface area contributed by atoms with Gasteiger partial charge in [0.25, 0.3) is 0 Å². The van der Waals surface area contributed by atoms with E-state index >= 15 is 0 Å². The number of aromatic nitrogens is 9. The summed E-state index contributed by atoms with van der Waals surface area (Å²) < 4.78 is 12.0. The summed E-state index contributed by atoms with van der Waals surface area (Å²) in [5, 5.41) is 20.5. The van der Waals surface area contributed by atoms with E-state index in [9.17, 15) is 0 Å². The number of thiophene rings is 2. The molecular formula is C107H179N9O2S2. The first-order chi connectivity index (χ1) is 51.6. The van der Waals surface area contributed by atoms with Crippen molar-refractivity contribution >= 4 is 44.5 Å². The van der Waals surface area contributed by atoms with Crippen molar-refractivity contribution in [3.8, 4) is 0 Å². The van der Waals surface area contributed by atoms with Gasteiger partial charge in [-0.15, -0.1) is 11.3 Å². The molecule has 14 aromatic rings. The molecule has 0 aliphatic heterocycles. The molecule has 14 rings (SSSR count). The van der Waals surface area contributed by atoms with E-state index in [0.29, 0.717) is 71.1 Å². The van der Waals surface area contributed by atoms with Gasteiger partial charge >= 0.3 is 0 Å². The predicted molar refractivity (Wildman–Crippen MR) is 549 cm³/mol. The van der Waals surface area contributed by atoms with Crippen molar-refractivity contribution in [3.63, 3.8) is 0 Å². The van der Waals surface area contributed by atoms with E-state index in [0.717, 1.165) is 17.0 Å². The van der Waals surface area contributed by atoms with E-state index < -0.39 is 0 Å². The number of nitrogens with one attached hydrogen (secondary N) is 3. The Morgan fingerprint density at radius 2 is 0.942 bits per heavy atom. The fourth-order valence-corrected chi connectivity index (χ4v) is 11.3. The van der Waals surface area contributed by atoms with Gasteiger partial charge in [0.2, 0.25) is 0 Å². The monoisotopic (exact) mass is 1690 g/mol. The molecule has 0 radical (unpaired) electrons. The second-order valence-electron chi connectivity index (χ2n) is 29.7. The quantitative estimate of drug-likeness (QED) is 0.111. The van der Waals surface area contributed by atoms with E-state index in [2.05, 4.69) is 301 Å². The zero-order chi connectivity index (χ0) is 79.8. The van der Waals surface area contributed by atoms with E-state index in [4.69, 9.17) is 8.83 Å². The minimum Gasteiger partial charge on any atom is -0.472 e. The number of H-pyrrole nitrogens is 3. The molecular weight excluding hydrogens is 1510 g/mol. The Hall–Kier alpha value is -9.43. The smallest absolute Gasteiger partial charge is 0.106 e. The molecule has 0 bridgehead atoms. The second-order valence-corrected chi connectivity index (χ2v) is 31.5. The highest BCUT2D eigenvalue weighted by Gasteiger charge is 2.08. The molecule has 0 aliphatic rings. The molecule has 11 heterocycles. The van der Waals surface area contributed by atoms with Gasteiger partial charge in [-0.1, -0.05) is 326 Å². The van der Waals surface area contributed by atoms with Crippen LogP contribution in [-0.4, -0.2) is 44.9 Å². The number of rotatable bonds is 12. The Kier molecular flexibility index (Phi) is 82.9. The minimum atomic E-state index is 0. The van der Waals surface area contributed by atoms with Crippen molar-refractivity contribution in [3.05, 3.63) is 328 Å². The Balaban J connectivity index is -0.000000137. The Morgan fingerprint density at radius 3 is 1.29 bits per heavy atom. The van der Waals surface area contributed by atoms with E-state index in [1.165, 1.54) is 65.9 Å². The topological polar surface area (TPSA) is 143 Å². The summed E-state index contributed by atoms with van der Waals surface area (Å²) in [4.78, 5) is 19.7. The third kappa shape index (κ3) is 54.0. The lowest BCUT2D eigenvalue weighted by atomic mass is 10.0. The first-order valence-corrected chi connectivity index (χ1v) is 40.4. The highest BCUT2D eigenvalue weighted by Crippen LogP contribution is 2.24. The molecule has 0 saturated heterocycles. The molecule has 0 unspecified atom stereocenters. The summed E-state index contributed by atoms with van der Waals surface area (Å²) in [6.07, 6.45) is 22.2. The number of benzene rings is 3. The van der Waals surface area contributed by atoms with Gasteiger partial charge in [0.05, 0.1) is 36.0 Å². The summed E-state index contributed by atoms with van der Waals surface area (Å²) in [5.41, 5.74) is 14.1. The number of fused-ring (bicyclic) bond motifs is 2. The molecule has 120 heavy (non-hydrogen) atoms. The van der Waals surface area contributed by atoms with Gasteiger partial charge in [0, 0.05) is 94.3 Å². The number of furan rings is 2. The Bertz CT molecular complexity index is 3720. The highest BCUT2D eigenvalue weighted by molar-refractivity contribution is 7.10. The number of para-hydroxylation sites is 2. The molecule has 11 aromatic heterocycles. The number of nitrogens with zero attached hydrogens (tertiary/aromatic N) is 6. The number of hydrogen-bond donors (Lipinski definition) is 3. The van der Waals surface area contributed by atoms with E-state index in [1.54, 1.807) is 36.3 Å². The van der Waals surface area contributed by atoms with E-state index in [1.807, 2.05) is 163 Å². The van der Waals surface area contributed by atoms with Gasteiger partial charge in [-0.2, -0.15) is 21.5 Å². The van der Waals surface area contributed by atoms with Gasteiger partial charge in [-0.05, 0) is 214 Å². The average molecular weight is 1690 g/mol. The SMILES string of the molecule is C.C.C.C.C.C.C.C.C.C.C.C.CC(C)c1[nH]nc2ccccc12.CC(C)c1cc[nH]c1.CC(C)c1ccc[nH]1.CC(C)c1ccccc1.CC(C)c1ccccn1.CC(C)c1cccnc1.CC(C)c1ccco1.CC(C)c1cccs1.CC(C)c1ccncc1.CC(C)c1ccoc1.CC(C)c1ccsc1.CC(C)n1ncc2ccccc21. The predicted octanol–water partition coefficient (Wildman–Crippen LogP) is 37.2. The van der Waals surface area contributed by atoms with Crippen LogP contribution in [0.1, 0.15) is 388 Å². The van der Waals surface area contributed by atoms with Gasteiger partial charge in [-0.25, -0.2) is 0 Å². The maximum Gasteiger partial charge on any atom is 0.106 e. The molecule has 0 aliphatic carbocycles. The Morgan fingerprint density at radius 1 is 0.375 bits per heavy atom. The summed E-state index contributed by atoms with van der Waals surface area (Å²) in [5.74, 6) is 7.78. The number of aromatic amines is 3. The number of hydrogen-bond acceptors (Lipinski definition) is 9.